The maximum atomic E-state index is 11.3. The highest BCUT2D eigenvalue weighted by Gasteiger charge is 2.18. The van der Waals surface area contributed by atoms with Crippen molar-refractivity contribution >= 4 is 5.78 Å². The van der Waals surface area contributed by atoms with Gasteiger partial charge in [0.25, 0.3) is 0 Å². The number of ether oxygens (including phenoxy) is 1. The van der Waals surface area contributed by atoms with Crippen LogP contribution in [-0.4, -0.2) is 18.0 Å². The lowest BCUT2D eigenvalue weighted by Gasteiger charge is -2.17. The van der Waals surface area contributed by atoms with Crippen molar-refractivity contribution < 1.29 is 14.6 Å². The third kappa shape index (κ3) is 3.86. The van der Waals surface area contributed by atoms with Crippen LogP contribution in [0, 0.1) is 5.92 Å². The summed E-state index contributed by atoms with van der Waals surface area (Å²) in [5.74, 6) is 0.781. The molecule has 1 rings (SSSR count). The highest BCUT2D eigenvalue weighted by Crippen LogP contribution is 2.26. The maximum Gasteiger partial charge on any atom is 0.133 e. The minimum Gasteiger partial charge on any atom is -0.497 e. The zero-order valence-corrected chi connectivity index (χ0v) is 10.6. The summed E-state index contributed by atoms with van der Waals surface area (Å²) in [4.78, 5) is 11.3. The van der Waals surface area contributed by atoms with E-state index in [0.29, 0.717) is 6.42 Å². The first-order chi connectivity index (χ1) is 8.08. The van der Waals surface area contributed by atoms with Gasteiger partial charge in [-0.1, -0.05) is 19.1 Å². The van der Waals surface area contributed by atoms with E-state index in [9.17, 15) is 9.90 Å². The molecule has 0 saturated heterocycles. The summed E-state index contributed by atoms with van der Waals surface area (Å²) >= 11 is 0. The second-order valence-corrected chi connectivity index (χ2v) is 4.24. The zero-order chi connectivity index (χ0) is 12.8. The molecule has 3 heteroatoms. The fraction of sp³-hybridized carbons (Fsp3) is 0.500. The number of hydrogen-bond donors (Lipinski definition) is 1. The Hall–Kier alpha value is -1.35. The number of Topliss-reactive ketones (excluding diaryl/α,β-unsaturated/α-hetero) is 1. The molecule has 0 aliphatic heterocycles. The summed E-state index contributed by atoms with van der Waals surface area (Å²) in [6.07, 6.45) is 0.619. The molecule has 0 fully saturated rings. The van der Waals surface area contributed by atoms with E-state index in [2.05, 4.69) is 0 Å². The van der Waals surface area contributed by atoms with Crippen molar-refractivity contribution in [2.24, 2.45) is 5.92 Å². The molecule has 1 N–H and O–H groups in total. The lowest BCUT2D eigenvalue weighted by atomic mass is 9.92. The molecule has 1 aromatic rings. The molecule has 0 radical (unpaired) electrons. The predicted octanol–water partition coefficient (Wildman–Crippen LogP) is 2.73. The van der Waals surface area contributed by atoms with Gasteiger partial charge in [-0.05, 0) is 37.5 Å². The maximum absolute atomic E-state index is 11.3. The molecule has 0 amide bonds. The van der Waals surface area contributed by atoms with Crippen LogP contribution in [0.3, 0.4) is 0 Å². The van der Waals surface area contributed by atoms with Crippen molar-refractivity contribution in [3.8, 4) is 5.75 Å². The molecule has 2 atom stereocenters. The summed E-state index contributed by atoms with van der Waals surface area (Å²) in [5.41, 5.74) is 0.795. The molecule has 0 aliphatic rings. The number of aliphatic hydroxyl groups is 1. The van der Waals surface area contributed by atoms with E-state index in [0.717, 1.165) is 17.7 Å². The predicted molar refractivity (Wildman–Crippen MR) is 67.0 cm³/mol. The number of hydrogen-bond acceptors (Lipinski definition) is 3. The van der Waals surface area contributed by atoms with Crippen molar-refractivity contribution in [3.05, 3.63) is 29.8 Å². The Morgan fingerprint density at radius 1 is 1.47 bits per heavy atom. The molecule has 0 bridgehead atoms. The van der Waals surface area contributed by atoms with Gasteiger partial charge in [0, 0.05) is 5.92 Å². The second kappa shape index (κ2) is 6.40. The molecular formula is C14H20O3. The molecule has 3 nitrogen and oxygen atoms in total. The van der Waals surface area contributed by atoms with Crippen LogP contribution in [0.25, 0.3) is 0 Å². The number of methoxy groups -OCH3 is 1. The van der Waals surface area contributed by atoms with Crippen LogP contribution in [0.4, 0.5) is 0 Å². The van der Waals surface area contributed by atoms with Gasteiger partial charge in [0.05, 0.1) is 13.2 Å². The van der Waals surface area contributed by atoms with E-state index in [1.165, 1.54) is 0 Å². The summed E-state index contributed by atoms with van der Waals surface area (Å²) in [6.45, 7) is 3.54. The smallest absolute Gasteiger partial charge is 0.133 e. The monoisotopic (exact) mass is 236 g/mol. The second-order valence-electron chi connectivity index (χ2n) is 4.24. The van der Waals surface area contributed by atoms with E-state index in [1.54, 1.807) is 20.1 Å². The van der Waals surface area contributed by atoms with Crippen molar-refractivity contribution in [3.63, 3.8) is 0 Å². The van der Waals surface area contributed by atoms with E-state index < -0.39 is 6.10 Å². The van der Waals surface area contributed by atoms with Gasteiger partial charge in [-0.25, -0.2) is 0 Å². The number of carbonyl (C=O) groups is 1. The Morgan fingerprint density at radius 2 is 2.18 bits per heavy atom. The molecule has 0 aliphatic carbocycles. The molecule has 0 saturated carbocycles. The first kappa shape index (κ1) is 13.7. The Labute approximate surface area is 102 Å². The lowest BCUT2D eigenvalue weighted by Crippen LogP contribution is -2.14. The molecule has 0 heterocycles. The van der Waals surface area contributed by atoms with Gasteiger partial charge in [0.15, 0.2) is 0 Å². The van der Waals surface area contributed by atoms with Crippen LogP contribution in [-0.2, 0) is 4.79 Å². The van der Waals surface area contributed by atoms with Crippen LogP contribution >= 0.6 is 0 Å². The summed E-state index contributed by atoms with van der Waals surface area (Å²) < 4.78 is 5.11. The van der Waals surface area contributed by atoms with Gasteiger partial charge in [0.1, 0.15) is 11.5 Å². The van der Waals surface area contributed by atoms with Crippen LogP contribution < -0.4 is 4.74 Å². The zero-order valence-electron chi connectivity index (χ0n) is 10.6. The minimum absolute atomic E-state index is 0.0730. The highest BCUT2D eigenvalue weighted by molar-refractivity contribution is 5.78. The van der Waals surface area contributed by atoms with Crippen molar-refractivity contribution in [1.29, 1.82) is 0 Å². The van der Waals surface area contributed by atoms with E-state index >= 15 is 0 Å². The summed E-state index contributed by atoms with van der Waals surface area (Å²) in [6, 6.07) is 7.32. The fourth-order valence-corrected chi connectivity index (χ4v) is 1.87. The van der Waals surface area contributed by atoms with Gasteiger partial charge >= 0.3 is 0 Å². The van der Waals surface area contributed by atoms with Crippen LogP contribution in [0.15, 0.2) is 24.3 Å². The fourth-order valence-electron chi connectivity index (χ4n) is 1.87. The molecule has 17 heavy (non-hydrogen) atoms. The molecule has 0 aromatic heterocycles. The molecule has 0 spiro atoms. The number of rotatable bonds is 6. The first-order valence-corrected chi connectivity index (χ1v) is 5.91. The third-order valence-electron chi connectivity index (χ3n) is 3.05. The Balaban J connectivity index is 2.74. The Kier molecular flexibility index (Phi) is 5.16. The molecule has 2 unspecified atom stereocenters. The standard InChI is InChI=1S/C14H20O3/c1-4-11(10(2)15)9-14(16)12-6-5-7-13(8-12)17-3/h5-8,11,14,16H,4,9H2,1-3H3. The average Bonchev–Trinajstić information content (AvgIpc) is 2.35. The van der Waals surface area contributed by atoms with Gasteiger partial charge < -0.3 is 9.84 Å². The summed E-state index contributed by atoms with van der Waals surface area (Å²) in [5, 5.41) is 10.1. The van der Waals surface area contributed by atoms with Gasteiger partial charge in [-0.15, -0.1) is 0 Å². The number of aliphatic hydroxyl groups excluding tert-OH is 1. The van der Waals surface area contributed by atoms with E-state index in [-0.39, 0.29) is 11.7 Å². The van der Waals surface area contributed by atoms with Crippen molar-refractivity contribution in [2.45, 2.75) is 32.8 Å². The number of carbonyl (C=O) groups excluding carboxylic acids is 1. The van der Waals surface area contributed by atoms with Gasteiger partial charge in [-0.3, -0.25) is 4.79 Å². The van der Waals surface area contributed by atoms with Crippen molar-refractivity contribution in [2.75, 3.05) is 7.11 Å². The van der Waals surface area contributed by atoms with Crippen molar-refractivity contribution in [1.82, 2.24) is 0 Å². The molecular weight excluding hydrogens is 216 g/mol. The molecule has 94 valence electrons. The largest absolute Gasteiger partial charge is 0.497 e. The van der Waals surface area contributed by atoms with E-state index in [4.69, 9.17) is 4.74 Å². The van der Waals surface area contributed by atoms with Crippen LogP contribution in [0.1, 0.15) is 38.4 Å². The topological polar surface area (TPSA) is 46.5 Å². The van der Waals surface area contributed by atoms with E-state index in [1.807, 2.05) is 25.1 Å². The Bertz CT molecular complexity index is 373. The number of ketones is 1. The van der Waals surface area contributed by atoms with Crippen LogP contribution in [0.5, 0.6) is 5.75 Å². The lowest BCUT2D eigenvalue weighted by molar-refractivity contribution is -0.121. The number of benzene rings is 1. The Morgan fingerprint density at radius 3 is 2.71 bits per heavy atom. The molecule has 1 aromatic carbocycles. The summed E-state index contributed by atoms with van der Waals surface area (Å²) in [7, 11) is 1.59. The van der Waals surface area contributed by atoms with Crippen LogP contribution in [0.2, 0.25) is 0 Å². The highest BCUT2D eigenvalue weighted by atomic mass is 16.5. The third-order valence-corrected chi connectivity index (χ3v) is 3.05. The quantitative estimate of drug-likeness (QED) is 0.826. The average molecular weight is 236 g/mol. The van der Waals surface area contributed by atoms with Gasteiger partial charge in [0.2, 0.25) is 0 Å². The minimum atomic E-state index is -0.612. The van der Waals surface area contributed by atoms with Gasteiger partial charge in [-0.2, -0.15) is 0 Å². The normalized spacial score (nSPS) is 14.1. The first-order valence-electron chi connectivity index (χ1n) is 5.91. The SMILES string of the molecule is CCC(CC(O)c1cccc(OC)c1)C(C)=O.